The molecule has 32 heavy (non-hydrogen) atoms. The predicted molar refractivity (Wildman–Crippen MR) is 128 cm³/mol. The number of aryl methyl sites for hydroxylation is 2. The molecule has 0 spiro atoms. The van der Waals surface area contributed by atoms with Crippen LogP contribution in [0.15, 0.2) is 48.5 Å². The van der Waals surface area contributed by atoms with E-state index >= 15 is 0 Å². The number of carbonyl (C=O) groups is 1. The number of imidazole rings is 1. The Balaban J connectivity index is 1.50. The molecule has 166 valence electrons. The monoisotopic (exact) mass is 431 g/mol. The summed E-state index contributed by atoms with van der Waals surface area (Å²) in [6, 6.07) is 15.6. The normalized spacial score (nSPS) is 11.3. The Morgan fingerprint density at radius 3 is 2.69 bits per heavy atom. The molecule has 4 aromatic rings. The van der Waals surface area contributed by atoms with Crippen LogP contribution < -0.4 is 11.1 Å². The zero-order valence-corrected chi connectivity index (χ0v) is 18.6. The number of nitrogen functional groups attached to an aromatic ring is 1. The predicted octanol–water partition coefficient (Wildman–Crippen LogP) is 3.87. The van der Waals surface area contributed by atoms with Crippen molar-refractivity contribution in [1.29, 1.82) is 0 Å². The number of pyridine rings is 1. The van der Waals surface area contributed by atoms with Crippen molar-refractivity contribution in [1.82, 2.24) is 19.9 Å². The van der Waals surface area contributed by atoms with Gasteiger partial charge in [-0.3, -0.25) is 4.79 Å². The summed E-state index contributed by atoms with van der Waals surface area (Å²) in [4.78, 5) is 21.8. The van der Waals surface area contributed by atoms with Gasteiger partial charge in [-0.2, -0.15) is 0 Å². The van der Waals surface area contributed by atoms with Crippen LogP contribution >= 0.6 is 0 Å². The summed E-state index contributed by atoms with van der Waals surface area (Å²) in [7, 11) is 1.69. The number of rotatable bonds is 9. The Labute approximate surface area is 187 Å². The second-order valence-electron chi connectivity index (χ2n) is 7.91. The number of ether oxygens (including phenoxy) is 1. The number of fused-ring (bicyclic) bond motifs is 3. The van der Waals surface area contributed by atoms with E-state index in [9.17, 15) is 4.79 Å². The van der Waals surface area contributed by atoms with Crippen molar-refractivity contribution in [2.75, 3.05) is 26.0 Å². The fourth-order valence-electron chi connectivity index (χ4n) is 4.05. The van der Waals surface area contributed by atoms with Crippen molar-refractivity contribution < 1.29 is 9.53 Å². The van der Waals surface area contributed by atoms with E-state index in [0.29, 0.717) is 25.4 Å². The number of anilines is 1. The van der Waals surface area contributed by atoms with Crippen molar-refractivity contribution in [3.63, 3.8) is 0 Å². The minimum atomic E-state index is -0.0261. The molecule has 7 nitrogen and oxygen atoms in total. The number of aromatic nitrogens is 3. The summed E-state index contributed by atoms with van der Waals surface area (Å²) in [5, 5.41) is 4.07. The molecule has 0 atom stereocenters. The maximum atomic E-state index is 12.4. The van der Waals surface area contributed by atoms with Gasteiger partial charge in [-0.05, 0) is 37.5 Å². The molecular weight excluding hydrogens is 402 g/mol. The highest BCUT2D eigenvalue weighted by molar-refractivity contribution is 6.06. The highest BCUT2D eigenvalue weighted by Gasteiger charge is 2.17. The first-order chi connectivity index (χ1) is 15.6. The van der Waals surface area contributed by atoms with Crippen molar-refractivity contribution >= 4 is 33.7 Å². The zero-order valence-electron chi connectivity index (χ0n) is 18.6. The average molecular weight is 432 g/mol. The summed E-state index contributed by atoms with van der Waals surface area (Å²) in [5.41, 5.74) is 10.6. The van der Waals surface area contributed by atoms with Crippen molar-refractivity contribution in [3.8, 4) is 0 Å². The summed E-state index contributed by atoms with van der Waals surface area (Å²) >= 11 is 0. The molecule has 0 fully saturated rings. The van der Waals surface area contributed by atoms with Gasteiger partial charge in [-0.1, -0.05) is 36.4 Å². The van der Waals surface area contributed by atoms with E-state index in [1.54, 1.807) is 7.11 Å². The van der Waals surface area contributed by atoms with E-state index in [4.69, 9.17) is 15.5 Å². The van der Waals surface area contributed by atoms with Gasteiger partial charge in [0.2, 0.25) is 0 Å². The van der Waals surface area contributed by atoms with Crippen LogP contribution in [-0.4, -0.2) is 40.7 Å². The molecule has 3 N–H and O–H groups in total. The first-order valence-corrected chi connectivity index (χ1v) is 11.0. The fourth-order valence-corrected chi connectivity index (χ4v) is 4.05. The van der Waals surface area contributed by atoms with Crippen LogP contribution in [0.4, 0.5) is 5.82 Å². The molecule has 0 saturated heterocycles. The topological polar surface area (TPSA) is 95.1 Å². The van der Waals surface area contributed by atoms with Crippen LogP contribution in [0, 0.1) is 6.92 Å². The molecular formula is C25H29N5O2. The van der Waals surface area contributed by atoms with Crippen LogP contribution in [0.2, 0.25) is 0 Å². The molecule has 2 heterocycles. The van der Waals surface area contributed by atoms with Crippen molar-refractivity contribution in [3.05, 3.63) is 65.5 Å². The third-order valence-corrected chi connectivity index (χ3v) is 5.70. The van der Waals surface area contributed by atoms with Gasteiger partial charge in [-0.25, -0.2) is 9.97 Å². The number of benzene rings is 2. The van der Waals surface area contributed by atoms with Crippen molar-refractivity contribution in [2.24, 2.45) is 0 Å². The smallest absolute Gasteiger partial charge is 0.251 e. The Kier molecular flexibility index (Phi) is 6.66. The van der Waals surface area contributed by atoms with E-state index < -0.39 is 0 Å². The number of hydrogen-bond acceptors (Lipinski definition) is 5. The van der Waals surface area contributed by atoms with Gasteiger partial charge in [0.05, 0.1) is 17.6 Å². The number of carbonyl (C=O) groups excluding carboxylic acids is 1. The van der Waals surface area contributed by atoms with E-state index in [-0.39, 0.29) is 5.91 Å². The highest BCUT2D eigenvalue weighted by Crippen LogP contribution is 2.29. The van der Waals surface area contributed by atoms with E-state index in [1.165, 1.54) is 0 Å². The van der Waals surface area contributed by atoms with Crippen LogP contribution in [0.1, 0.15) is 34.6 Å². The molecule has 0 bridgehead atoms. The quantitative estimate of drug-likeness (QED) is 0.392. The number of nitrogens with two attached hydrogens (primary N) is 1. The van der Waals surface area contributed by atoms with Gasteiger partial charge in [0, 0.05) is 37.6 Å². The molecule has 0 aliphatic rings. The minimum Gasteiger partial charge on any atom is -0.384 e. The fraction of sp³-hybridized carbons (Fsp3) is 0.320. The lowest BCUT2D eigenvalue weighted by atomic mass is 10.1. The Bertz CT molecular complexity index is 1250. The maximum absolute atomic E-state index is 12.4. The number of amides is 1. The molecule has 0 aliphatic heterocycles. The number of hydrogen-bond donors (Lipinski definition) is 2. The summed E-state index contributed by atoms with van der Waals surface area (Å²) in [5.74, 6) is 1.36. The van der Waals surface area contributed by atoms with Crippen LogP contribution in [-0.2, 0) is 17.7 Å². The molecule has 0 unspecified atom stereocenters. The Morgan fingerprint density at radius 1 is 1.09 bits per heavy atom. The highest BCUT2D eigenvalue weighted by atomic mass is 16.5. The number of unbranched alkanes of at least 4 members (excludes halogenated alkanes) is 1. The summed E-state index contributed by atoms with van der Waals surface area (Å²) < 4.78 is 7.52. The molecule has 7 heteroatoms. The van der Waals surface area contributed by atoms with Gasteiger partial charge < -0.3 is 20.4 Å². The largest absolute Gasteiger partial charge is 0.384 e. The number of methoxy groups -OCH3 is 1. The van der Waals surface area contributed by atoms with Crippen LogP contribution in [0.3, 0.4) is 0 Å². The van der Waals surface area contributed by atoms with Crippen LogP contribution in [0.5, 0.6) is 0 Å². The lowest BCUT2D eigenvalue weighted by Gasteiger charge is -2.12. The molecule has 2 aromatic heterocycles. The summed E-state index contributed by atoms with van der Waals surface area (Å²) in [6.45, 7) is 3.94. The number of nitrogens with zero attached hydrogens (tertiary/aromatic N) is 3. The lowest BCUT2D eigenvalue weighted by molar-refractivity contribution is 0.0952. The van der Waals surface area contributed by atoms with E-state index in [2.05, 4.69) is 20.9 Å². The van der Waals surface area contributed by atoms with Gasteiger partial charge in [-0.15, -0.1) is 0 Å². The van der Waals surface area contributed by atoms with E-state index in [1.807, 2.05) is 49.4 Å². The van der Waals surface area contributed by atoms with Gasteiger partial charge in [0.25, 0.3) is 5.91 Å². The second-order valence-corrected chi connectivity index (χ2v) is 7.91. The summed E-state index contributed by atoms with van der Waals surface area (Å²) in [6.07, 6.45) is 2.46. The third-order valence-electron chi connectivity index (χ3n) is 5.70. The first kappa shape index (κ1) is 21.8. The van der Waals surface area contributed by atoms with Gasteiger partial charge in [0.15, 0.2) is 5.82 Å². The molecule has 0 radical (unpaired) electrons. The lowest BCUT2D eigenvalue weighted by Crippen LogP contribution is -2.25. The SMILES string of the molecule is COCCc1nc2c(N)nc3ccccc3c2n1CCCCNC(=O)c1ccccc1C. The number of para-hydroxylation sites is 1. The van der Waals surface area contributed by atoms with Crippen LogP contribution in [0.25, 0.3) is 21.9 Å². The minimum absolute atomic E-state index is 0.0261. The first-order valence-electron chi connectivity index (χ1n) is 11.0. The van der Waals surface area contributed by atoms with Crippen molar-refractivity contribution in [2.45, 2.75) is 32.7 Å². The molecule has 4 rings (SSSR count). The van der Waals surface area contributed by atoms with E-state index in [0.717, 1.165) is 58.3 Å². The molecule has 2 aromatic carbocycles. The average Bonchev–Trinajstić information content (AvgIpc) is 3.17. The van der Waals surface area contributed by atoms with Gasteiger partial charge >= 0.3 is 0 Å². The maximum Gasteiger partial charge on any atom is 0.251 e. The standard InChI is InChI=1S/C25H29N5O2/c1-17-9-3-4-10-18(17)25(31)27-14-7-8-15-30-21(13-16-32-2)29-22-23(30)19-11-5-6-12-20(19)28-24(22)26/h3-6,9-12H,7-8,13-16H2,1-2H3,(H2,26,28)(H,27,31). The number of nitrogens with one attached hydrogen (secondary N) is 1. The Morgan fingerprint density at radius 2 is 1.88 bits per heavy atom. The zero-order chi connectivity index (χ0) is 22.5. The second kappa shape index (κ2) is 9.78. The van der Waals surface area contributed by atoms with Gasteiger partial charge in [0.1, 0.15) is 11.3 Å². The molecule has 1 amide bonds. The Hall–Kier alpha value is -3.45. The third kappa shape index (κ3) is 4.43. The molecule has 0 saturated carbocycles. The molecule has 0 aliphatic carbocycles.